The second-order valence-electron chi connectivity index (χ2n) is 4.50. The van der Waals surface area contributed by atoms with Crippen molar-refractivity contribution < 1.29 is 4.79 Å². The molecule has 0 spiro atoms. The number of allylic oxidation sites excluding steroid dienone is 1. The van der Waals surface area contributed by atoms with Gasteiger partial charge in [-0.2, -0.15) is 0 Å². The van der Waals surface area contributed by atoms with Gasteiger partial charge in [0.15, 0.2) is 0 Å². The van der Waals surface area contributed by atoms with Crippen LogP contribution in [0.25, 0.3) is 10.9 Å². The van der Waals surface area contributed by atoms with Gasteiger partial charge in [-0.15, -0.1) is 0 Å². The largest absolute Gasteiger partial charge is 0.391 e. The molecule has 1 atom stereocenters. The van der Waals surface area contributed by atoms with Gasteiger partial charge in [0.2, 0.25) is 0 Å². The van der Waals surface area contributed by atoms with E-state index in [4.69, 9.17) is 5.73 Å². The van der Waals surface area contributed by atoms with Crippen LogP contribution >= 0.6 is 0 Å². The van der Waals surface area contributed by atoms with Crippen LogP contribution in [0.3, 0.4) is 0 Å². The third-order valence-electron chi connectivity index (χ3n) is 3.38. The Labute approximate surface area is 105 Å². The van der Waals surface area contributed by atoms with Crippen molar-refractivity contribution in [1.29, 1.82) is 0 Å². The van der Waals surface area contributed by atoms with Crippen LogP contribution in [-0.4, -0.2) is 17.0 Å². The van der Waals surface area contributed by atoms with E-state index in [9.17, 15) is 4.79 Å². The molecule has 0 fully saturated rings. The lowest BCUT2D eigenvalue weighted by molar-refractivity contribution is 0.100. The first-order valence-electron chi connectivity index (χ1n) is 6.07. The predicted octanol–water partition coefficient (Wildman–Crippen LogP) is 1.79. The number of hydrogen-bond donors (Lipinski definition) is 2. The lowest BCUT2D eigenvalue weighted by atomic mass is 10.1. The zero-order chi connectivity index (χ0) is 12.5. The average Bonchev–Trinajstić information content (AvgIpc) is 2.83. The molecule has 2 heterocycles. The van der Waals surface area contributed by atoms with Crippen LogP contribution in [0.1, 0.15) is 22.8 Å². The van der Waals surface area contributed by atoms with E-state index >= 15 is 0 Å². The maximum absolute atomic E-state index is 11.5. The van der Waals surface area contributed by atoms with Crippen molar-refractivity contribution in [3.63, 3.8) is 0 Å². The Kier molecular flexibility index (Phi) is 2.55. The number of rotatable bonds is 2. The highest BCUT2D eigenvalue weighted by atomic mass is 16.1. The summed E-state index contributed by atoms with van der Waals surface area (Å²) in [5.74, 6) is -0.376. The minimum absolute atomic E-state index is 0.282. The number of nitrogens with two attached hydrogens (primary N) is 1. The maximum atomic E-state index is 11.5. The lowest BCUT2D eigenvalue weighted by Crippen LogP contribution is -2.20. The normalized spacial score (nSPS) is 18.8. The quantitative estimate of drug-likeness (QED) is 0.842. The van der Waals surface area contributed by atoms with E-state index in [1.807, 2.05) is 30.6 Å². The van der Waals surface area contributed by atoms with Crippen molar-refractivity contribution in [2.45, 2.75) is 12.5 Å². The molecular formula is C14H15N3O. The highest BCUT2D eigenvalue weighted by Crippen LogP contribution is 2.26. The van der Waals surface area contributed by atoms with Gasteiger partial charge in [-0.05, 0) is 30.8 Å². The molecule has 92 valence electrons. The number of primary amides is 1. The molecule has 0 aliphatic carbocycles. The summed E-state index contributed by atoms with van der Waals surface area (Å²) < 4.78 is 2.13. The summed E-state index contributed by atoms with van der Waals surface area (Å²) in [5, 5.41) is 4.23. The van der Waals surface area contributed by atoms with E-state index in [0.717, 1.165) is 23.9 Å². The Bertz CT molecular complexity index is 627. The van der Waals surface area contributed by atoms with E-state index in [0.29, 0.717) is 5.56 Å². The van der Waals surface area contributed by atoms with Crippen LogP contribution < -0.4 is 11.1 Å². The van der Waals surface area contributed by atoms with Crippen molar-refractivity contribution in [2.24, 2.45) is 5.73 Å². The number of nitrogens with one attached hydrogen (secondary N) is 1. The molecule has 0 saturated carbocycles. The first-order chi connectivity index (χ1) is 8.77. The lowest BCUT2D eigenvalue weighted by Gasteiger charge is -2.21. The topological polar surface area (TPSA) is 60.1 Å². The molecule has 3 N–H and O–H groups in total. The standard InChI is InChI=1S/C14H15N3O/c15-14(18)12-3-1-2-10-6-9-17(13(10)12)11-4-7-16-8-5-11/h1-4,6-7,9,11,16H,5,8H2,(H2,15,18). The molecule has 0 bridgehead atoms. The fourth-order valence-electron chi connectivity index (χ4n) is 2.52. The molecule has 1 aromatic carbocycles. The summed E-state index contributed by atoms with van der Waals surface area (Å²) in [6.45, 7) is 0.944. The second kappa shape index (κ2) is 4.22. The summed E-state index contributed by atoms with van der Waals surface area (Å²) >= 11 is 0. The number of hydrogen-bond acceptors (Lipinski definition) is 2. The van der Waals surface area contributed by atoms with Crippen molar-refractivity contribution in [1.82, 2.24) is 9.88 Å². The van der Waals surface area contributed by atoms with Gasteiger partial charge in [0.25, 0.3) is 5.91 Å². The number of benzene rings is 1. The van der Waals surface area contributed by atoms with Crippen LogP contribution in [-0.2, 0) is 0 Å². The van der Waals surface area contributed by atoms with E-state index in [2.05, 4.69) is 16.0 Å². The van der Waals surface area contributed by atoms with E-state index in [1.165, 1.54) is 0 Å². The Hall–Kier alpha value is -2.23. The molecule has 1 aromatic heterocycles. The van der Waals surface area contributed by atoms with Gasteiger partial charge < -0.3 is 15.6 Å². The van der Waals surface area contributed by atoms with Crippen molar-refractivity contribution in [3.05, 3.63) is 48.3 Å². The summed E-state index contributed by atoms with van der Waals surface area (Å²) in [5.41, 5.74) is 6.97. The monoisotopic (exact) mass is 241 g/mol. The molecule has 1 aliphatic rings. The zero-order valence-corrected chi connectivity index (χ0v) is 9.97. The van der Waals surface area contributed by atoms with Crippen LogP contribution in [0.15, 0.2) is 42.7 Å². The zero-order valence-electron chi connectivity index (χ0n) is 9.97. The second-order valence-corrected chi connectivity index (χ2v) is 4.50. The molecule has 1 unspecified atom stereocenters. The number of para-hydroxylation sites is 1. The van der Waals surface area contributed by atoms with Gasteiger partial charge in [-0.25, -0.2) is 0 Å². The van der Waals surface area contributed by atoms with Gasteiger partial charge in [-0.1, -0.05) is 12.1 Å². The maximum Gasteiger partial charge on any atom is 0.250 e. The minimum atomic E-state index is -0.376. The third-order valence-corrected chi connectivity index (χ3v) is 3.38. The van der Waals surface area contributed by atoms with Crippen molar-refractivity contribution in [2.75, 3.05) is 6.54 Å². The Morgan fingerprint density at radius 2 is 2.28 bits per heavy atom. The van der Waals surface area contributed by atoms with E-state index in [1.54, 1.807) is 6.07 Å². The Morgan fingerprint density at radius 3 is 3.00 bits per heavy atom. The fourth-order valence-corrected chi connectivity index (χ4v) is 2.52. The first-order valence-corrected chi connectivity index (χ1v) is 6.07. The number of carbonyl (C=O) groups is 1. The third kappa shape index (κ3) is 1.66. The highest BCUT2D eigenvalue weighted by molar-refractivity contribution is 6.05. The van der Waals surface area contributed by atoms with Gasteiger partial charge in [0.05, 0.1) is 17.1 Å². The SMILES string of the molecule is NC(=O)c1cccc2ccn(C3C=CNCC3)c12. The van der Waals surface area contributed by atoms with Gasteiger partial charge >= 0.3 is 0 Å². The molecule has 4 heteroatoms. The molecule has 1 aliphatic heterocycles. The molecule has 0 saturated heterocycles. The molecule has 18 heavy (non-hydrogen) atoms. The smallest absolute Gasteiger partial charge is 0.250 e. The average molecular weight is 241 g/mol. The van der Waals surface area contributed by atoms with E-state index in [-0.39, 0.29) is 11.9 Å². The minimum Gasteiger partial charge on any atom is -0.391 e. The van der Waals surface area contributed by atoms with Gasteiger partial charge in [0.1, 0.15) is 0 Å². The van der Waals surface area contributed by atoms with Crippen LogP contribution in [0.4, 0.5) is 0 Å². The van der Waals surface area contributed by atoms with Gasteiger partial charge in [0, 0.05) is 18.1 Å². The number of amides is 1. The molecule has 3 rings (SSSR count). The summed E-state index contributed by atoms with van der Waals surface area (Å²) in [4.78, 5) is 11.5. The number of fused-ring (bicyclic) bond motifs is 1. The molecular weight excluding hydrogens is 226 g/mol. The number of aromatic nitrogens is 1. The number of carbonyl (C=O) groups excluding carboxylic acids is 1. The molecule has 2 aromatic rings. The van der Waals surface area contributed by atoms with Crippen LogP contribution in [0, 0.1) is 0 Å². The van der Waals surface area contributed by atoms with Crippen LogP contribution in [0.2, 0.25) is 0 Å². The number of nitrogens with zero attached hydrogens (tertiary/aromatic N) is 1. The van der Waals surface area contributed by atoms with Crippen molar-refractivity contribution >= 4 is 16.8 Å². The predicted molar refractivity (Wildman–Crippen MR) is 71.3 cm³/mol. The summed E-state index contributed by atoms with van der Waals surface area (Å²) in [6.07, 6.45) is 7.11. The highest BCUT2D eigenvalue weighted by Gasteiger charge is 2.16. The Morgan fingerprint density at radius 1 is 1.39 bits per heavy atom. The fraction of sp³-hybridized carbons (Fsp3) is 0.214. The molecule has 1 amide bonds. The Balaban J connectivity index is 2.20. The molecule has 0 radical (unpaired) electrons. The summed E-state index contributed by atoms with van der Waals surface area (Å²) in [7, 11) is 0. The first kappa shape index (κ1) is 10.9. The van der Waals surface area contributed by atoms with E-state index < -0.39 is 0 Å². The van der Waals surface area contributed by atoms with Crippen LogP contribution in [0.5, 0.6) is 0 Å². The molecule has 4 nitrogen and oxygen atoms in total. The van der Waals surface area contributed by atoms with Crippen molar-refractivity contribution in [3.8, 4) is 0 Å². The summed E-state index contributed by atoms with van der Waals surface area (Å²) in [6, 6.07) is 7.96. The van der Waals surface area contributed by atoms with Gasteiger partial charge in [-0.3, -0.25) is 4.79 Å².